The molecule has 190 valence electrons. The lowest BCUT2D eigenvalue weighted by Gasteiger charge is -2.35. The molecule has 13 nitrogen and oxygen atoms in total. The van der Waals surface area contributed by atoms with Crippen LogP contribution in [-0.2, 0) is 42.8 Å². The number of rotatable bonds is 5. The molecule has 2 rings (SSSR count). The van der Waals surface area contributed by atoms with Crippen LogP contribution in [0.1, 0.15) is 20.8 Å². The van der Waals surface area contributed by atoms with Gasteiger partial charge in [0.1, 0.15) is 30.5 Å². The molecule has 0 amide bonds. The van der Waals surface area contributed by atoms with Gasteiger partial charge in [0.15, 0.2) is 30.9 Å². The first-order valence-electron chi connectivity index (χ1n) is 9.87. The monoisotopic (exact) mass is 488 g/mol. The van der Waals surface area contributed by atoms with E-state index in [-0.39, 0.29) is 0 Å². The van der Waals surface area contributed by atoms with Gasteiger partial charge in [-0.2, -0.15) is 0 Å². The van der Waals surface area contributed by atoms with Crippen molar-refractivity contribution in [3.8, 4) is 24.7 Å². The molecular weight excluding hydrogens is 460 g/mol. The Labute approximate surface area is 195 Å². The van der Waals surface area contributed by atoms with Crippen molar-refractivity contribution < 1.29 is 63.2 Å². The zero-order valence-electron chi connectivity index (χ0n) is 18.9. The molecule has 0 aliphatic carbocycles. The number of carbonyl (C=O) groups excluding carboxylic acids is 3. The van der Waals surface area contributed by atoms with Gasteiger partial charge in [-0.15, -0.1) is 12.8 Å². The molecule has 2 aliphatic rings. The smallest absolute Gasteiger partial charge is 0.303 e. The second-order valence-electron chi connectivity index (χ2n) is 7.14. The topological polar surface area (TPSA) is 188 Å². The Kier molecular flexibility index (Phi) is 11.4. The molecule has 13 heteroatoms. The molecule has 4 N–H and O–H groups in total. The van der Waals surface area contributed by atoms with E-state index in [9.17, 15) is 14.4 Å². The molecule has 34 heavy (non-hydrogen) atoms. The van der Waals surface area contributed by atoms with E-state index in [1.165, 1.54) is 27.9 Å². The highest BCUT2D eigenvalue weighted by atomic mass is 16.7. The summed E-state index contributed by atoms with van der Waals surface area (Å²) < 4.78 is 30.3. The van der Waals surface area contributed by atoms with Crippen LogP contribution in [0.3, 0.4) is 0 Å². The van der Waals surface area contributed by atoms with Crippen LogP contribution in [0.5, 0.6) is 0 Å². The summed E-state index contributed by atoms with van der Waals surface area (Å²) in [7, 11) is 1.32. The molecule has 0 radical (unpaired) electrons. The molecule has 3 unspecified atom stereocenters. The Hall–Kier alpha value is -2.75. The maximum Gasteiger partial charge on any atom is 0.303 e. The average molecular weight is 488 g/mol. The highest BCUT2D eigenvalue weighted by molar-refractivity contribution is 5.68. The van der Waals surface area contributed by atoms with Gasteiger partial charge in [-0.25, -0.2) is 0 Å². The van der Waals surface area contributed by atoms with Crippen LogP contribution in [0.4, 0.5) is 0 Å². The zero-order valence-corrected chi connectivity index (χ0v) is 18.9. The van der Waals surface area contributed by atoms with Gasteiger partial charge in [0, 0.05) is 27.9 Å². The van der Waals surface area contributed by atoms with E-state index < -0.39 is 79.3 Å². The fourth-order valence-corrected chi connectivity index (χ4v) is 3.10. The molecule has 2 saturated heterocycles. The second-order valence-corrected chi connectivity index (χ2v) is 7.14. The largest absolute Gasteiger partial charge is 0.455 e. The van der Waals surface area contributed by atoms with E-state index in [2.05, 4.69) is 10.7 Å². The normalized spacial score (nSPS) is 35.4. The maximum absolute atomic E-state index is 11.3. The van der Waals surface area contributed by atoms with Crippen molar-refractivity contribution in [3.63, 3.8) is 0 Å². The number of hydrogen-bond donors (Lipinski definition) is 4. The van der Waals surface area contributed by atoms with E-state index in [1.807, 2.05) is 5.92 Å². The number of hydrogen-bond acceptors (Lipinski definition) is 13. The van der Waals surface area contributed by atoms with Crippen molar-refractivity contribution in [2.24, 2.45) is 0 Å². The van der Waals surface area contributed by atoms with Crippen molar-refractivity contribution >= 4 is 17.9 Å². The molecule has 0 aromatic heterocycles. The van der Waals surface area contributed by atoms with E-state index >= 15 is 0 Å². The summed E-state index contributed by atoms with van der Waals surface area (Å²) in [5.74, 6) is 2.40. The second kappa shape index (κ2) is 13.2. The summed E-state index contributed by atoms with van der Waals surface area (Å²) in [6.07, 6.45) is -1.99. The first kappa shape index (κ1) is 29.3. The molecule has 2 fully saturated rings. The lowest BCUT2D eigenvalue weighted by molar-refractivity contribution is -0.269. The quantitative estimate of drug-likeness (QED) is 0.177. The average Bonchev–Trinajstić information content (AvgIpc) is 3.09. The van der Waals surface area contributed by atoms with Gasteiger partial charge in [-0.05, 0) is 0 Å². The van der Waals surface area contributed by atoms with Crippen LogP contribution >= 0.6 is 0 Å². The Bertz CT molecular complexity index is 799. The lowest BCUT2D eigenvalue weighted by atomic mass is 10.00. The number of methoxy groups -OCH3 is 1. The van der Waals surface area contributed by atoms with E-state index in [4.69, 9.17) is 57.0 Å². The summed E-state index contributed by atoms with van der Waals surface area (Å²) in [6.45, 7) is 3.55. The van der Waals surface area contributed by atoms with E-state index in [0.29, 0.717) is 0 Å². The Morgan fingerprint density at radius 1 is 0.853 bits per heavy atom. The van der Waals surface area contributed by atoms with Crippen LogP contribution in [0.15, 0.2) is 0 Å². The van der Waals surface area contributed by atoms with Crippen LogP contribution in [0.25, 0.3) is 0 Å². The molecule has 2 aliphatic heterocycles. The first-order chi connectivity index (χ1) is 15.9. The third-order valence-corrected chi connectivity index (χ3v) is 4.55. The van der Waals surface area contributed by atoms with Gasteiger partial charge < -0.3 is 48.8 Å². The number of esters is 3. The summed E-state index contributed by atoms with van der Waals surface area (Å²) >= 11 is 0. The van der Waals surface area contributed by atoms with Crippen molar-refractivity contribution in [2.75, 3.05) is 7.11 Å². The highest BCUT2D eigenvalue weighted by Gasteiger charge is 2.53. The predicted molar refractivity (Wildman–Crippen MR) is 109 cm³/mol. The van der Waals surface area contributed by atoms with Gasteiger partial charge in [-0.1, -0.05) is 11.8 Å². The van der Waals surface area contributed by atoms with Crippen LogP contribution in [-0.4, -0.2) is 107 Å². The fraction of sp³-hybridized carbons (Fsp3) is 0.667. The molecule has 10 atom stereocenters. The van der Waals surface area contributed by atoms with Crippen LogP contribution in [0.2, 0.25) is 0 Å². The molecule has 0 saturated carbocycles. The number of aliphatic hydroxyl groups excluding tert-OH is 4. The minimum Gasteiger partial charge on any atom is -0.455 e. The molecule has 0 aromatic rings. The molecule has 0 aromatic carbocycles. The summed E-state index contributed by atoms with van der Waals surface area (Å²) in [5, 5.41) is 36.1. The Balaban J connectivity index is 0.000000404. The molecule has 2 heterocycles. The minimum atomic E-state index is -1.55. The minimum absolute atomic E-state index is 0.613. The third-order valence-electron chi connectivity index (χ3n) is 4.55. The van der Waals surface area contributed by atoms with Gasteiger partial charge in [0.25, 0.3) is 0 Å². The zero-order chi connectivity index (χ0) is 26.2. The van der Waals surface area contributed by atoms with Gasteiger partial charge in [-0.3, -0.25) is 14.4 Å². The van der Waals surface area contributed by atoms with E-state index in [0.717, 1.165) is 0 Å². The summed E-state index contributed by atoms with van der Waals surface area (Å²) in [5.41, 5.74) is 0. The van der Waals surface area contributed by atoms with Gasteiger partial charge in [0.05, 0.1) is 0 Å². The first-order valence-corrected chi connectivity index (χ1v) is 9.87. The standard InChI is InChI=1S/C14H18O8.C7H10O5/c1-6-10(19-7(2)15)11-12(20-8(3)16)13(21-9(4)17)14(18-5)22-11;1-2-3-4(8)5(9)6(10)7(11)12-3/h1,10-14H,2-5H3;1,3-11H/t10-,11?,12+,13-,14?;3-,4+,5+,6-,7?/m00/s1. The molecule has 0 bridgehead atoms. The van der Waals surface area contributed by atoms with Gasteiger partial charge >= 0.3 is 17.9 Å². The number of carbonyl (C=O) groups is 3. The molecule has 0 spiro atoms. The SMILES string of the molecule is C#C[C@@H]1OC(O)[C@@H](O)[C@H](O)[C@@H]1O.C#C[C@H](OC(C)=O)C1OC(OC)[C@@H](OC(C)=O)[C@@H]1OC(C)=O. The van der Waals surface area contributed by atoms with Crippen molar-refractivity contribution in [1.29, 1.82) is 0 Å². The maximum atomic E-state index is 11.3. The lowest BCUT2D eigenvalue weighted by Crippen LogP contribution is -2.56. The Morgan fingerprint density at radius 3 is 1.85 bits per heavy atom. The van der Waals surface area contributed by atoms with E-state index in [1.54, 1.807) is 0 Å². The number of aliphatic hydroxyl groups is 4. The number of terminal acetylenes is 2. The van der Waals surface area contributed by atoms with Crippen LogP contribution in [0, 0.1) is 24.7 Å². The van der Waals surface area contributed by atoms with Crippen LogP contribution < -0.4 is 0 Å². The molecular formula is C21H28O13. The Morgan fingerprint density at radius 2 is 1.41 bits per heavy atom. The predicted octanol–water partition coefficient (Wildman–Crippen LogP) is -2.79. The summed E-state index contributed by atoms with van der Waals surface area (Å²) in [4.78, 5) is 33.6. The summed E-state index contributed by atoms with van der Waals surface area (Å²) in [6, 6.07) is 0. The highest BCUT2D eigenvalue weighted by Crippen LogP contribution is 2.30. The van der Waals surface area contributed by atoms with Crippen molar-refractivity contribution in [1.82, 2.24) is 0 Å². The number of ether oxygens (including phenoxy) is 6. The van der Waals surface area contributed by atoms with Crippen molar-refractivity contribution in [3.05, 3.63) is 0 Å². The van der Waals surface area contributed by atoms with Crippen molar-refractivity contribution in [2.45, 2.75) is 82.2 Å². The fourth-order valence-electron chi connectivity index (χ4n) is 3.10. The third kappa shape index (κ3) is 7.65. The van der Waals surface area contributed by atoms with Gasteiger partial charge in [0.2, 0.25) is 0 Å².